The van der Waals surface area contributed by atoms with Gasteiger partial charge >= 0.3 is 12.1 Å². The molecule has 1 aromatic carbocycles. The van der Waals surface area contributed by atoms with Gasteiger partial charge in [0.05, 0.1) is 6.04 Å². The van der Waals surface area contributed by atoms with E-state index in [1.165, 1.54) is 12.1 Å². The number of aromatic nitrogens is 1. The molecule has 0 radical (unpaired) electrons. The zero-order valence-electron chi connectivity index (χ0n) is 13.9. The molecule has 146 valence electrons. The first-order valence-electron chi connectivity index (χ1n) is 7.56. The summed E-state index contributed by atoms with van der Waals surface area (Å²) in [5, 5.41) is 9.89. The van der Waals surface area contributed by atoms with E-state index < -0.39 is 18.2 Å². The van der Waals surface area contributed by atoms with Crippen molar-refractivity contribution in [1.29, 1.82) is 0 Å². The van der Waals surface area contributed by atoms with Gasteiger partial charge in [0, 0.05) is 18.9 Å². The van der Waals surface area contributed by atoms with Crippen LogP contribution in [0.2, 0.25) is 0 Å². The highest BCUT2D eigenvalue weighted by Gasteiger charge is 2.38. The van der Waals surface area contributed by atoms with Gasteiger partial charge in [-0.1, -0.05) is 12.1 Å². The average molecular weight is 387 g/mol. The van der Waals surface area contributed by atoms with Gasteiger partial charge in [0.2, 0.25) is 5.91 Å². The van der Waals surface area contributed by atoms with E-state index in [4.69, 9.17) is 15.6 Å². The molecule has 0 bridgehead atoms. The Balaban J connectivity index is 0.000000445. The lowest BCUT2D eigenvalue weighted by atomic mass is 10.1. The first kappa shape index (κ1) is 22.0. The van der Waals surface area contributed by atoms with Crippen LogP contribution in [-0.2, 0) is 22.6 Å². The maximum Gasteiger partial charge on any atom is 0.490 e. The number of carboxylic acids is 1. The Labute approximate surface area is 152 Å². The molecule has 6 nitrogen and oxygen atoms in total. The summed E-state index contributed by atoms with van der Waals surface area (Å²) in [6.45, 7) is 0.415. The third-order valence-electron chi connectivity index (χ3n) is 3.16. The second kappa shape index (κ2) is 10.2. The zero-order valence-corrected chi connectivity index (χ0v) is 13.9. The molecule has 2 rings (SSSR count). The molecule has 0 saturated heterocycles. The normalized spacial score (nSPS) is 11.7. The number of pyridine rings is 1. The predicted octanol–water partition coefficient (Wildman–Crippen LogP) is 2.04. The molecule has 0 spiro atoms. The Hall–Kier alpha value is -3.01. The van der Waals surface area contributed by atoms with Crippen LogP contribution in [0.15, 0.2) is 48.8 Å². The molecule has 0 aliphatic carbocycles. The number of aliphatic carboxylic acids is 1. The SMILES string of the molecule is NC(Cc1ccc(F)cc1)C(=O)NCc1ccncc1.O=C(O)C(F)(F)F. The van der Waals surface area contributed by atoms with E-state index >= 15 is 0 Å². The number of carboxylic acid groups (broad SMARTS) is 1. The number of rotatable bonds is 5. The third-order valence-corrected chi connectivity index (χ3v) is 3.16. The number of halogens is 4. The highest BCUT2D eigenvalue weighted by molar-refractivity contribution is 5.81. The fraction of sp³-hybridized carbons (Fsp3) is 0.235. The Morgan fingerprint density at radius 1 is 1.07 bits per heavy atom. The first-order chi connectivity index (χ1) is 12.6. The number of carbonyl (C=O) groups excluding carboxylic acids is 1. The average Bonchev–Trinajstić information content (AvgIpc) is 2.62. The van der Waals surface area contributed by atoms with Crippen LogP contribution in [-0.4, -0.2) is 34.2 Å². The molecule has 0 aliphatic heterocycles. The quantitative estimate of drug-likeness (QED) is 0.681. The molecule has 1 amide bonds. The number of benzene rings is 1. The van der Waals surface area contributed by atoms with E-state index in [1.807, 2.05) is 12.1 Å². The largest absolute Gasteiger partial charge is 0.490 e. The van der Waals surface area contributed by atoms with Crippen LogP contribution in [0.1, 0.15) is 11.1 Å². The Morgan fingerprint density at radius 2 is 1.59 bits per heavy atom. The highest BCUT2D eigenvalue weighted by atomic mass is 19.4. The maximum atomic E-state index is 12.8. The van der Waals surface area contributed by atoms with E-state index in [2.05, 4.69) is 10.3 Å². The zero-order chi connectivity index (χ0) is 20.4. The molecular weight excluding hydrogens is 370 g/mol. The number of nitrogens with one attached hydrogen (secondary N) is 1. The molecule has 2 aromatic rings. The van der Waals surface area contributed by atoms with Crippen LogP contribution in [0.25, 0.3) is 0 Å². The number of alkyl halides is 3. The summed E-state index contributed by atoms with van der Waals surface area (Å²) in [4.78, 5) is 24.7. The van der Waals surface area contributed by atoms with Crippen molar-refractivity contribution in [2.75, 3.05) is 0 Å². The molecule has 1 heterocycles. The number of nitrogens with two attached hydrogens (primary N) is 1. The minimum atomic E-state index is -5.08. The van der Waals surface area contributed by atoms with E-state index in [1.54, 1.807) is 24.5 Å². The summed E-state index contributed by atoms with van der Waals surface area (Å²) >= 11 is 0. The van der Waals surface area contributed by atoms with Crippen molar-refractivity contribution in [3.63, 3.8) is 0 Å². The van der Waals surface area contributed by atoms with E-state index in [9.17, 15) is 22.4 Å². The number of amides is 1. The van der Waals surface area contributed by atoms with Crippen LogP contribution in [0.3, 0.4) is 0 Å². The monoisotopic (exact) mass is 387 g/mol. The maximum absolute atomic E-state index is 12.8. The van der Waals surface area contributed by atoms with Gasteiger partial charge < -0.3 is 16.2 Å². The Bertz CT molecular complexity index is 737. The van der Waals surface area contributed by atoms with Crippen molar-refractivity contribution >= 4 is 11.9 Å². The summed E-state index contributed by atoms with van der Waals surface area (Å²) in [7, 11) is 0. The van der Waals surface area contributed by atoms with Gasteiger partial charge in [0.25, 0.3) is 0 Å². The van der Waals surface area contributed by atoms with E-state index in [-0.39, 0.29) is 11.7 Å². The van der Waals surface area contributed by atoms with Crippen molar-refractivity contribution in [2.45, 2.75) is 25.2 Å². The van der Waals surface area contributed by atoms with Crippen LogP contribution < -0.4 is 11.1 Å². The third kappa shape index (κ3) is 8.77. The second-order valence-electron chi connectivity index (χ2n) is 5.31. The molecule has 0 saturated carbocycles. The standard InChI is InChI=1S/C15H16FN3O.C2HF3O2/c16-13-3-1-11(2-4-13)9-14(17)15(20)19-10-12-5-7-18-8-6-12;3-2(4,5)1(6)7/h1-8,14H,9-10,17H2,(H,19,20);(H,6,7). The minimum Gasteiger partial charge on any atom is -0.475 e. The lowest BCUT2D eigenvalue weighted by molar-refractivity contribution is -0.192. The number of hydrogen-bond donors (Lipinski definition) is 3. The molecule has 1 aromatic heterocycles. The van der Waals surface area contributed by atoms with E-state index in [0.29, 0.717) is 13.0 Å². The molecule has 10 heteroatoms. The second-order valence-corrected chi connectivity index (χ2v) is 5.31. The number of carbonyl (C=O) groups is 2. The minimum absolute atomic E-state index is 0.230. The molecule has 0 fully saturated rings. The van der Waals surface area contributed by atoms with Crippen molar-refractivity contribution in [1.82, 2.24) is 10.3 Å². The van der Waals surface area contributed by atoms with Crippen molar-refractivity contribution < 1.29 is 32.3 Å². The van der Waals surface area contributed by atoms with E-state index in [0.717, 1.165) is 11.1 Å². The Kier molecular flexibility index (Phi) is 8.34. The van der Waals surface area contributed by atoms with Crippen LogP contribution >= 0.6 is 0 Å². The number of nitrogens with zero attached hydrogens (tertiary/aromatic N) is 1. The molecule has 0 aliphatic rings. The summed E-state index contributed by atoms with van der Waals surface area (Å²) in [6, 6.07) is 8.98. The van der Waals surface area contributed by atoms with Crippen molar-refractivity contribution in [3.8, 4) is 0 Å². The summed E-state index contributed by atoms with van der Waals surface area (Å²) < 4.78 is 44.5. The predicted molar refractivity (Wildman–Crippen MR) is 87.9 cm³/mol. The number of hydrogen-bond acceptors (Lipinski definition) is 4. The van der Waals surface area contributed by atoms with Gasteiger partial charge in [-0.25, -0.2) is 9.18 Å². The van der Waals surface area contributed by atoms with Crippen LogP contribution in [0.4, 0.5) is 17.6 Å². The van der Waals surface area contributed by atoms with Crippen molar-refractivity contribution in [3.05, 3.63) is 65.7 Å². The van der Waals surface area contributed by atoms with Gasteiger partial charge in [0.1, 0.15) is 5.82 Å². The molecule has 27 heavy (non-hydrogen) atoms. The summed E-state index contributed by atoms with van der Waals surface area (Å²) in [5.74, 6) is -3.29. The Morgan fingerprint density at radius 3 is 2.07 bits per heavy atom. The van der Waals surface area contributed by atoms with Gasteiger partial charge in [0.15, 0.2) is 0 Å². The smallest absolute Gasteiger partial charge is 0.475 e. The first-order valence-corrected chi connectivity index (χ1v) is 7.56. The summed E-state index contributed by atoms with van der Waals surface area (Å²) in [6.07, 6.45) is -1.37. The molecule has 4 N–H and O–H groups in total. The van der Waals surface area contributed by atoms with Gasteiger partial charge in [-0.2, -0.15) is 13.2 Å². The van der Waals surface area contributed by atoms with Gasteiger partial charge in [-0.05, 0) is 41.8 Å². The molecule has 1 unspecified atom stereocenters. The van der Waals surface area contributed by atoms with Crippen LogP contribution in [0, 0.1) is 5.82 Å². The van der Waals surface area contributed by atoms with Crippen LogP contribution in [0.5, 0.6) is 0 Å². The van der Waals surface area contributed by atoms with Gasteiger partial charge in [-0.3, -0.25) is 9.78 Å². The topological polar surface area (TPSA) is 105 Å². The molecule has 1 atom stereocenters. The fourth-order valence-electron chi connectivity index (χ4n) is 1.79. The highest BCUT2D eigenvalue weighted by Crippen LogP contribution is 2.13. The van der Waals surface area contributed by atoms with Crippen molar-refractivity contribution in [2.24, 2.45) is 5.73 Å². The lowest BCUT2D eigenvalue weighted by Crippen LogP contribution is -2.41. The lowest BCUT2D eigenvalue weighted by Gasteiger charge is -2.12. The summed E-state index contributed by atoms with van der Waals surface area (Å²) in [5.41, 5.74) is 7.63. The fourth-order valence-corrected chi connectivity index (χ4v) is 1.79. The van der Waals surface area contributed by atoms with Gasteiger partial charge in [-0.15, -0.1) is 0 Å². The molecular formula is C17H17F4N3O3.